The Kier molecular flexibility index (Phi) is 5.23. The summed E-state index contributed by atoms with van der Waals surface area (Å²) in [6.45, 7) is 0. The normalized spacial score (nSPS) is 11.2. The maximum atomic E-state index is 4.65. The molecule has 0 fully saturated rings. The monoisotopic (exact) mass is 376 g/mol. The molecule has 0 unspecified atom stereocenters. The maximum Gasteiger partial charge on any atom is 0.212 e. The third-order valence-electron chi connectivity index (χ3n) is 3.70. The molecule has 2 heterocycles. The van der Waals surface area contributed by atoms with Gasteiger partial charge in [-0.25, -0.2) is 0 Å². The number of benzene rings is 2. The van der Waals surface area contributed by atoms with Gasteiger partial charge in [0, 0.05) is 16.2 Å². The lowest BCUT2D eigenvalue weighted by atomic mass is 10.2. The lowest BCUT2D eigenvalue weighted by Crippen LogP contribution is -1.96. The summed E-state index contributed by atoms with van der Waals surface area (Å²) in [5.74, 6) is 1.57. The molecule has 0 amide bonds. The van der Waals surface area contributed by atoms with Gasteiger partial charge in [0.05, 0.1) is 6.21 Å². The van der Waals surface area contributed by atoms with Crippen LogP contribution in [0.4, 0.5) is 0 Å². The van der Waals surface area contributed by atoms with Crippen molar-refractivity contribution in [3.05, 3.63) is 88.6 Å². The van der Waals surface area contributed by atoms with Crippen LogP contribution < -0.4 is 0 Å². The van der Waals surface area contributed by atoms with Crippen molar-refractivity contribution in [3.8, 4) is 11.4 Å². The standard InChI is InChI=1S/C20H16N4S2/c1-3-8-16(9-4-1)15-26-20-23-22-19(17-10-5-2-6-11-17)24(20)21-14-18-12-7-13-25-18/h1-14H,15H2. The van der Waals surface area contributed by atoms with Crippen LogP contribution >= 0.6 is 23.1 Å². The number of hydrogen-bond donors (Lipinski definition) is 0. The zero-order chi connectivity index (χ0) is 17.6. The van der Waals surface area contributed by atoms with Gasteiger partial charge in [-0.05, 0) is 17.0 Å². The van der Waals surface area contributed by atoms with Crippen LogP contribution in [0.15, 0.2) is 88.4 Å². The van der Waals surface area contributed by atoms with Crippen molar-refractivity contribution < 1.29 is 0 Å². The molecule has 0 saturated heterocycles. The van der Waals surface area contributed by atoms with E-state index in [0.29, 0.717) is 0 Å². The van der Waals surface area contributed by atoms with Crippen LogP contribution in [0.25, 0.3) is 11.4 Å². The van der Waals surface area contributed by atoms with Crippen LogP contribution in [-0.4, -0.2) is 21.1 Å². The van der Waals surface area contributed by atoms with Gasteiger partial charge >= 0.3 is 0 Å². The van der Waals surface area contributed by atoms with E-state index in [9.17, 15) is 0 Å². The zero-order valence-electron chi connectivity index (χ0n) is 13.9. The second-order valence-corrected chi connectivity index (χ2v) is 7.44. The predicted octanol–water partition coefficient (Wildman–Crippen LogP) is 5.18. The molecule has 4 aromatic rings. The third kappa shape index (κ3) is 3.92. The molecule has 0 radical (unpaired) electrons. The summed E-state index contributed by atoms with van der Waals surface area (Å²) in [6.07, 6.45) is 1.85. The van der Waals surface area contributed by atoms with Gasteiger partial charge in [-0.15, -0.1) is 21.5 Å². The minimum absolute atomic E-state index is 0.744. The van der Waals surface area contributed by atoms with Gasteiger partial charge in [0.2, 0.25) is 5.16 Å². The van der Waals surface area contributed by atoms with Crippen molar-refractivity contribution in [2.24, 2.45) is 5.10 Å². The minimum Gasteiger partial charge on any atom is -0.187 e. The van der Waals surface area contributed by atoms with Gasteiger partial charge in [-0.1, -0.05) is 78.5 Å². The van der Waals surface area contributed by atoms with E-state index in [1.807, 2.05) is 76.9 Å². The lowest BCUT2D eigenvalue weighted by Gasteiger charge is -2.04. The molecular formula is C20H16N4S2. The number of nitrogens with zero attached hydrogens (tertiary/aromatic N) is 4. The van der Waals surface area contributed by atoms with Gasteiger partial charge in [0.1, 0.15) is 0 Å². The third-order valence-corrected chi connectivity index (χ3v) is 5.50. The molecule has 0 spiro atoms. The minimum atomic E-state index is 0.744. The molecule has 0 aliphatic rings. The van der Waals surface area contributed by atoms with Crippen molar-refractivity contribution in [2.45, 2.75) is 10.9 Å². The Hall–Kier alpha value is -2.70. The Morgan fingerprint density at radius 1 is 0.923 bits per heavy atom. The molecule has 0 atom stereocenters. The highest BCUT2D eigenvalue weighted by atomic mass is 32.2. The molecule has 0 aliphatic heterocycles. The summed E-state index contributed by atoms with van der Waals surface area (Å²) >= 11 is 3.28. The highest BCUT2D eigenvalue weighted by Gasteiger charge is 2.14. The topological polar surface area (TPSA) is 43.1 Å². The molecule has 4 rings (SSSR count). The zero-order valence-corrected chi connectivity index (χ0v) is 15.5. The van der Waals surface area contributed by atoms with Crippen LogP contribution in [0.1, 0.15) is 10.4 Å². The van der Waals surface area contributed by atoms with Gasteiger partial charge < -0.3 is 0 Å². The molecular weight excluding hydrogens is 360 g/mol. The first-order valence-corrected chi connectivity index (χ1v) is 10.0. The van der Waals surface area contributed by atoms with Gasteiger partial charge in [-0.3, -0.25) is 0 Å². The van der Waals surface area contributed by atoms with E-state index in [-0.39, 0.29) is 0 Å². The highest BCUT2D eigenvalue weighted by molar-refractivity contribution is 7.98. The Bertz CT molecular complexity index is 977. The molecule has 0 bridgehead atoms. The summed E-state index contributed by atoms with van der Waals surface area (Å²) in [7, 11) is 0. The second kappa shape index (κ2) is 8.12. The Morgan fingerprint density at radius 2 is 1.69 bits per heavy atom. The van der Waals surface area contributed by atoms with Crippen LogP contribution in [0, 0.1) is 0 Å². The van der Waals surface area contributed by atoms with Crippen LogP contribution in [0.5, 0.6) is 0 Å². The highest BCUT2D eigenvalue weighted by Crippen LogP contribution is 2.26. The first-order valence-electron chi connectivity index (χ1n) is 8.15. The lowest BCUT2D eigenvalue weighted by molar-refractivity contribution is 0.773. The Labute approximate surface area is 160 Å². The molecule has 0 aliphatic carbocycles. The molecule has 128 valence electrons. The quantitative estimate of drug-likeness (QED) is 0.344. The van der Waals surface area contributed by atoms with Crippen molar-refractivity contribution in [3.63, 3.8) is 0 Å². The number of thioether (sulfide) groups is 1. The van der Waals surface area contributed by atoms with E-state index in [1.165, 1.54) is 5.56 Å². The van der Waals surface area contributed by atoms with Crippen LogP contribution in [-0.2, 0) is 5.75 Å². The fourth-order valence-electron chi connectivity index (χ4n) is 2.43. The summed E-state index contributed by atoms with van der Waals surface area (Å²) in [5, 5.41) is 16.2. The molecule has 6 heteroatoms. The molecule has 4 nitrogen and oxygen atoms in total. The first kappa shape index (κ1) is 16.8. The average molecular weight is 377 g/mol. The average Bonchev–Trinajstić information content (AvgIpc) is 3.36. The van der Waals surface area contributed by atoms with Gasteiger partial charge in [0.15, 0.2) is 5.82 Å². The Balaban J connectivity index is 1.65. The van der Waals surface area contributed by atoms with E-state index in [4.69, 9.17) is 0 Å². The molecule has 26 heavy (non-hydrogen) atoms. The molecule has 0 N–H and O–H groups in total. The summed E-state index contributed by atoms with van der Waals surface area (Å²) in [6, 6.07) is 24.4. The van der Waals surface area contributed by atoms with Gasteiger partial charge in [0.25, 0.3) is 0 Å². The molecule has 2 aromatic carbocycles. The summed E-state index contributed by atoms with van der Waals surface area (Å²) < 4.78 is 1.82. The van der Waals surface area contributed by atoms with Crippen molar-refractivity contribution in [1.29, 1.82) is 0 Å². The Morgan fingerprint density at radius 3 is 2.42 bits per heavy atom. The fourth-order valence-corrected chi connectivity index (χ4v) is 3.85. The number of hydrogen-bond acceptors (Lipinski definition) is 5. The molecule has 0 saturated carbocycles. The second-order valence-electron chi connectivity index (χ2n) is 5.52. The van der Waals surface area contributed by atoms with E-state index in [2.05, 4.69) is 27.4 Å². The van der Waals surface area contributed by atoms with E-state index < -0.39 is 0 Å². The van der Waals surface area contributed by atoms with E-state index >= 15 is 0 Å². The maximum absolute atomic E-state index is 4.65. The SMILES string of the molecule is C(=Nn1c(SCc2ccccc2)nnc1-c1ccccc1)c1cccs1. The van der Waals surface area contributed by atoms with Crippen LogP contribution in [0.3, 0.4) is 0 Å². The summed E-state index contributed by atoms with van der Waals surface area (Å²) in [4.78, 5) is 1.09. The van der Waals surface area contributed by atoms with Crippen molar-refractivity contribution in [1.82, 2.24) is 14.9 Å². The predicted molar refractivity (Wildman–Crippen MR) is 109 cm³/mol. The smallest absolute Gasteiger partial charge is 0.187 e. The number of thiophene rings is 1. The van der Waals surface area contributed by atoms with Crippen LogP contribution in [0.2, 0.25) is 0 Å². The summed E-state index contributed by atoms with van der Waals surface area (Å²) in [5.41, 5.74) is 2.24. The van der Waals surface area contributed by atoms with Crippen molar-refractivity contribution >= 4 is 29.3 Å². The van der Waals surface area contributed by atoms with E-state index in [0.717, 1.165) is 27.2 Å². The number of aromatic nitrogens is 3. The van der Waals surface area contributed by atoms with Gasteiger partial charge in [-0.2, -0.15) is 9.78 Å². The molecule has 2 aromatic heterocycles. The van der Waals surface area contributed by atoms with E-state index in [1.54, 1.807) is 23.1 Å². The first-order chi connectivity index (χ1) is 12.9. The number of rotatable bonds is 6. The van der Waals surface area contributed by atoms with Crippen molar-refractivity contribution in [2.75, 3.05) is 0 Å². The fraction of sp³-hybridized carbons (Fsp3) is 0.0500. The largest absolute Gasteiger partial charge is 0.212 e.